The molecule has 0 saturated carbocycles. The van der Waals surface area contributed by atoms with E-state index in [1.54, 1.807) is 0 Å². The van der Waals surface area contributed by atoms with Crippen molar-refractivity contribution in [2.24, 2.45) is 5.92 Å². The Labute approximate surface area is 137 Å². The zero-order valence-electron chi connectivity index (χ0n) is 13.7. The Morgan fingerprint density at radius 1 is 1.22 bits per heavy atom. The minimum atomic E-state index is -0.121. The van der Waals surface area contributed by atoms with Crippen LogP contribution in [0.3, 0.4) is 0 Å². The van der Waals surface area contributed by atoms with E-state index in [2.05, 4.69) is 43.4 Å². The third-order valence-electron chi connectivity index (χ3n) is 4.45. The maximum absolute atomic E-state index is 12.6. The fourth-order valence-corrected chi connectivity index (χ4v) is 3.01. The van der Waals surface area contributed by atoms with E-state index in [9.17, 15) is 4.79 Å². The van der Waals surface area contributed by atoms with Gasteiger partial charge in [-0.25, -0.2) is 0 Å². The van der Waals surface area contributed by atoms with Gasteiger partial charge in [0.15, 0.2) is 0 Å². The first-order valence-electron chi connectivity index (χ1n) is 8.25. The maximum atomic E-state index is 12.6. The summed E-state index contributed by atoms with van der Waals surface area (Å²) in [7, 11) is 0. The molecule has 1 heterocycles. The van der Waals surface area contributed by atoms with Crippen molar-refractivity contribution in [3.63, 3.8) is 0 Å². The summed E-state index contributed by atoms with van der Waals surface area (Å²) in [6.07, 6.45) is 1.62. The van der Waals surface area contributed by atoms with Crippen LogP contribution in [-0.4, -0.2) is 12.5 Å². The number of benzene rings is 2. The highest BCUT2D eigenvalue weighted by Crippen LogP contribution is 2.27. The van der Waals surface area contributed by atoms with Crippen LogP contribution in [-0.2, 0) is 11.2 Å². The first kappa shape index (κ1) is 15.6. The molecule has 1 aliphatic heterocycles. The second-order valence-corrected chi connectivity index (χ2v) is 6.20. The first-order valence-corrected chi connectivity index (χ1v) is 8.25. The van der Waals surface area contributed by atoms with Crippen LogP contribution in [0.25, 0.3) is 0 Å². The first-order chi connectivity index (χ1) is 11.2. The molecule has 0 fully saturated rings. The number of nitrogens with one attached hydrogen (secondary N) is 1. The highest BCUT2D eigenvalue weighted by molar-refractivity contribution is 5.80. The smallest absolute Gasteiger partial charge is 0.227 e. The largest absolute Gasteiger partial charge is 0.492 e. The molecule has 1 amide bonds. The summed E-state index contributed by atoms with van der Waals surface area (Å²) in [5.41, 5.74) is 3.50. The lowest BCUT2D eigenvalue weighted by Gasteiger charge is -2.26. The monoisotopic (exact) mass is 309 g/mol. The van der Waals surface area contributed by atoms with E-state index >= 15 is 0 Å². The number of rotatable bonds is 4. The number of para-hydroxylation sites is 1. The summed E-state index contributed by atoms with van der Waals surface area (Å²) in [4.78, 5) is 12.6. The standard InChI is InChI=1S/C20H23NO2/c1-3-18(15-10-8-14(2)9-11-15)21-20(22)17-12-16-6-4-5-7-19(16)23-13-17/h4-11,17-18H,3,12-13H2,1-2H3,(H,21,22). The van der Waals surface area contributed by atoms with Crippen LogP contribution in [0.15, 0.2) is 48.5 Å². The van der Waals surface area contributed by atoms with Gasteiger partial charge in [0.1, 0.15) is 12.4 Å². The summed E-state index contributed by atoms with van der Waals surface area (Å²) in [6.45, 7) is 4.62. The molecule has 0 saturated heterocycles. The molecular weight excluding hydrogens is 286 g/mol. The van der Waals surface area contributed by atoms with E-state index in [0.717, 1.165) is 29.7 Å². The number of aryl methyl sites for hydroxylation is 1. The van der Waals surface area contributed by atoms with Gasteiger partial charge in [0.2, 0.25) is 5.91 Å². The number of hydrogen-bond donors (Lipinski definition) is 1. The lowest BCUT2D eigenvalue weighted by molar-refractivity contribution is -0.127. The van der Waals surface area contributed by atoms with E-state index in [-0.39, 0.29) is 17.9 Å². The second kappa shape index (κ2) is 6.86. The summed E-state index contributed by atoms with van der Waals surface area (Å²) in [6, 6.07) is 16.4. The number of carbonyl (C=O) groups excluding carboxylic acids is 1. The van der Waals surface area contributed by atoms with Crippen molar-refractivity contribution >= 4 is 5.91 Å². The van der Waals surface area contributed by atoms with Crippen LogP contribution in [0.5, 0.6) is 5.75 Å². The number of fused-ring (bicyclic) bond motifs is 1. The van der Waals surface area contributed by atoms with Gasteiger partial charge in [-0.15, -0.1) is 0 Å². The Morgan fingerprint density at radius 3 is 2.70 bits per heavy atom. The number of amides is 1. The predicted molar refractivity (Wildman–Crippen MR) is 91.5 cm³/mol. The van der Waals surface area contributed by atoms with Crippen LogP contribution in [0.2, 0.25) is 0 Å². The van der Waals surface area contributed by atoms with E-state index in [4.69, 9.17) is 4.74 Å². The Bertz CT molecular complexity index is 678. The molecule has 1 N–H and O–H groups in total. The lowest BCUT2D eigenvalue weighted by atomic mass is 9.95. The average molecular weight is 309 g/mol. The third-order valence-corrected chi connectivity index (χ3v) is 4.45. The van der Waals surface area contributed by atoms with Gasteiger partial charge >= 0.3 is 0 Å². The summed E-state index contributed by atoms with van der Waals surface area (Å²) in [5, 5.41) is 3.18. The maximum Gasteiger partial charge on any atom is 0.227 e. The molecule has 3 nitrogen and oxygen atoms in total. The fraction of sp³-hybridized carbons (Fsp3) is 0.350. The lowest BCUT2D eigenvalue weighted by Crippen LogP contribution is -2.39. The zero-order valence-corrected chi connectivity index (χ0v) is 13.7. The van der Waals surface area contributed by atoms with Crippen LogP contribution < -0.4 is 10.1 Å². The average Bonchev–Trinajstić information content (AvgIpc) is 2.60. The molecule has 0 bridgehead atoms. The van der Waals surface area contributed by atoms with Crippen molar-refractivity contribution in [2.75, 3.05) is 6.61 Å². The molecule has 0 aromatic heterocycles. The number of carbonyl (C=O) groups is 1. The molecule has 3 heteroatoms. The second-order valence-electron chi connectivity index (χ2n) is 6.20. The molecule has 2 aromatic carbocycles. The highest BCUT2D eigenvalue weighted by Gasteiger charge is 2.27. The van der Waals surface area contributed by atoms with E-state index in [1.807, 2.05) is 24.3 Å². The Morgan fingerprint density at radius 2 is 1.96 bits per heavy atom. The van der Waals surface area contributed by atoms with Gasteiger partial charge in [0.25, 0.3) is 0 Å². The van der Waals surface area contributed by atoms with Crippen LogP contribution in [0, 0.1) is 12.8 Å². The van der Waals surface area contributed by atoms with Crippen LogP contribution in [0.1, 0.15) is 36.1 Å². The van der Waals surface area contributed by atoms with Crippen molar-refractivity contribution in [2.45, 2.75) is 32.7 Å². The predicted octanol–water partition coefficient (Wildman–Crippen LogP) is 3.81. The minimum absolute atomic E-state index is 0.0558. The molecule has 1 aliphatic rings. The summed E-state index contributed by atoms with van der Waals surface area (Å²) in [5.74, 6) is 0.860. The molecule has 23 heavy (non-hydrogen) atoms. The fourth-order valence-electron chi connectivity index (χ4n) is 3.01. The van der Waals surface area contributed by atoms with Gasteiger partial charge in [-0.3, -0.25) is 4.79 Å². The van der Waals surface area contributed by atoms with Crippen LogP contribution >= 0.6 is 0 Å². The minimum Gasteiger partial charge on any atom is -0.492 e. The van der Waals surface area contributed by atoms with Gasteiger partial charge in [0, 0.05) is 0 Å². The Balaban J connectivity index is 1.67. The van der Waals surface area contributed by atoms with Crippen molar-refractivity contribution in [1.29, 1.82) is 0 Å². The number of hydrogen-bond acceptors (Lipinski definition) is 2. The van der Waals surface area contributed by atoms with Crippen molar-refractivity contribution in [1.82, 2.24) is 5.32 Å². The van der Waals surface area contributed by atoms with E-state index in [1.165, 1.54) is 5.56 Å². The highest BCUT2D eigenvalue weighted by atomic mass is 16.5. The van der Waals surface area contributed by atoms with E-state index in [0.29, 0.717) is 6.61 Å². The molecule has 0 aliphatic carbocycles. The molecule has 0 spiro atoms. The van der Waals surface area contributed by atoms with Gasteiger partial charge in [-0.2, -0.15) is 0 Å². The molecule has 0 radical (unpaired) electrons. The Kier molecular flexibility index (Phi) is 4.65. The third kappa shape index (κ3) is 3.55. The molecule has 2 aromatic rings. The van der Waals surface area contributed by atoms with Crippen molar-refractivity contribution in [3.8, 4) is 5.75 Å². The normalized spacial score (nSPS) is 17.7. The van der Waals surface area contributed by atoms with E-state index < -0.39 is 0 Å². The summed E-state index contributed by atoms with van der Waals surface area (Å²) >= 11 is 0. The molecule has 120 valence electrons. The molecule has 2 atom stereocenters. The molecular formula is C20H23NO2. The Hall–Kier alpha value is -2.29. The topological polar surface area (TPSA) is 38.3 Å². The zero-order chi connectivity index (χ0) is 16.2. The van der Waals surface area contributed by atoms with Gasteiger partial charge in [-0.1, -0.05) is 55.0 Å². The SMILES string of the molecule is CCC(NC(=O)C1COc2ccccc2C1)c1ccc(C)cc1. The van der Waals surface area contributed by atoms with Gasteiger partial charge in [0.05, 0.1) is 12.0 Å². The molecule has 2 unspecified atom stereocenters. The summed E-state index contributed by atoms with van der Waals surface area (Å²) < 4.78 is 5.73. The number of ether oxygens (including phenoxy) is 1. The van der Waals surface area contributed by atoms with Gasteiger partial charge in [-0.05, 0) is 37.0 Å². The quantitative estimate of drug-likeness (QED) is 0.932. The molecule has 3 rings (SSSR count). The van der Waals surface area contributed by atoms with Crippen LogP contribution in [0.4, 0.5) is 0 Å². The van der Waals surface area contributed by atoms with Crippen molar-refractivity contribution in [3.05, 3.63) is 65.2 Å². The van der Waals surface area contributed by atoms with Gasteiger partial charge < -0.3 is 10.1 Å². The van der Waals surface area contributed by atoms with Crippen molar-refractivity contribution < 1.29 is 9.53 Å².